The van der Waals surface area contributed by atoms with Crippen LogP contribution in [0.25, 0.3) is 0 Å². The maximum Gasteiger partial charge on any atom is 0.310 e. The molecule has 1 N–H and O–H groups in total. The number of allylic oxidation sites excluding steroid dienone is 1. The van der Waals surface area contributed by atoms with Gasteiger partial charge in [0.05, 0.1) is 13.0 Å². The van der Waals surface area contributed by atoms with Crippen LogP contribution in [0.2, 0.25) is 0 Å². The van der Waals surface area contributed by atoms with Crippen molar-refractivity contribution in [3.63, 3.8) is 0 Å². The van der Waals surface area contributed by atoms with Crippen molar-refractivity contribution in [1.82, 2.24) is 0 Å². The Kier molecular flexibility index (Phi) is 7.49. The first-order chi connectivity index (χ1) is 14.9. The fraction of sp³-hybridized carbons (Fsp3) is 0.192. The highest BCUT2D eigenvalue weighted by molar-refractivity contribution is 7.82. The molecule has 0 spiro atoms. The second-order valence-corrected chi connectivity index (χ2v) is 10.1. The van der Waals surface area contributed by atoms with E-state index in [1.54, 1.807) is 6.92 Å². The van der Waals surface area contributed by atoms with Crippen LogP contribution in [0.1, 0.15) is 25.8 Å². The van der Waals surface area contributed by atoms with Gasteiger partial charge in [-0.1, -0.05) is 78.4 Å². The van der Waals surface area contributed by atoms with E-state index in [2.05, 4.69) is 5.32 Å². The molecule has 0 aliphatic heterocycles. The van der Waals surface area contributed by atoms with Crippen molar-refractivity contribution in [3.8, 4) is 0 Å². The van der Waals surface area contributed by atoms with Crippen LogP contribution in [0.15, 0.2) is 95.9 Å². The minimum Gasteiger partial charge on any atom is -0.466 e. The SMILES string of the molecule is CCOC(=O)C/C(=C(/C)Nc1ccc(C)cc1)P(=O)(c1ccccc1)c1ccccc1. The minimum absolute atomic E-state index is 0.0560. The van der Waals surface area contributed by atoms with Crippen LogP contribution >= 0.6 is 7.14 Å². The molecule has 0 aromatic heterocycles. The van der Waals surface area contributed by atoms with E-state index in [9.17, 15) is 9.36 Å². The number of esters is 1. The van der Waals surface area contributed by atoms with Crippen molar-refractivity contribution in [2.24, 2.45) is 0 Å². The third-order valence-electron chi connectivity index (χ3n) is 5.05. The number of hydrogen-bond acceptors (Lipinski definition) is 4. The Morgan fingerprint density at radius 3 is 1.87 bits per heavy atom. The van der Waals surface area contributed by atoms with E-state index >= 15 is 0 Å². The highest BCUT2D eigenvalue weighted by atomic mass is 31.2. The van der Waals surface area contributed by atoms with Crippen molar-refractivity contribution in [1.29, 1.82) is 0 Å². The Balaban J connectivity index is 2.19. The summed E-state index contributed by atoms with van der Waals surface area (Å²) in [5.41, 5.74) is 2.71. The average molecular weight is 433 g/mol. The molecular weight excluding hydrogens is 405 g/mol. The number of carbonyl (C=O) groups excluding carboxylic acids is 1. The Morgan fingerprint density at radius 1 is 0.871 bits per heavy atom. The lowest BCUT2D eigenvalue weighted by molar-refractivity contribution is -0.142. The lowest BCUT2D eigenvalue weighted by Crippen LogP contribution is -2.21. The monoisotopic (exact) mass is 433 g/mol. The van der Waals surface area contributed by atoms with E-state index in [0.29, 0.717) is 21.6 Å². The third kappa shape index (κ3) is 5.34. The van der Waals surface area contributed by atoms with Gasteiger partial charge in [0.1, 0.15) is 0 Å². The number of anilines is 1. The second kappa shape index (κ2) is 10.3. The predicted octanol–water partition coefficient (Wildman–Crippen LogP) is 5.61. The van der Waals surface area contributed by atoms with E-state index in [1.165, 1.54) is 0 Å². The van der Waals surface area contributed by atoms with Gasteiger partial charge in [0.15, 0.2) is 7.14 Å². The maximum atomic E-state index is 14.8. The summed E-state index contributed by atoms with van der Waals surface area (Å²) in [6.45, 7) is 5.94. The summed E-state index contributed by atoms with van der Waals surface area (Å²) in [6, 6.07) is 26.7. The Bertz CT molecular complexity index is 1050. The number of carbonyl (C=O) groups is 1. The summed E-state index contributed by atoms with van der Waals surface area (Å²) in [6.07, 6.45) is -0.0560. The van der Waals surface area contributed by atoms with Gasteiger partial charge in [0, 0.05) is 27.3 Å². The molecule has 160 valence electrons. The van der Waals surface area contributed by atoms with Gasteiger partial charge >= 0.3 is 5.97 Å². The summed E-state index contributed by atoms with van der Waals surface area (Å²) in [7, 11) is -3.30. The van der Waals surface area contributed by atoms with Crippen molar-refractivity contribution >= 4 is 29.4 Å². The fourth-order valence-corrected chi connectivity index (χ4v) is 6.48. The van der Waals surface area contributed by atoms with Gasteiger partial charge in [-0.25, -0.2) is 0 Å². The Labute approximate surface area is 184 Å². The highest BCUT2D eigenvalue weighted by Gasteiger charge is 2.35. The lowest BCUT2D eigenvalue weighted by atomic mass is 10.2. The molecular formula is C26H28NO3P. The van der Waals surface area contributed by atoms with Gasteiger partial charge in [0.25, 0.3) is 0 Å². The van der Waals surface area contributed by atoms with E-state index in [-0.39, 0.29) is 13.0 Å². The van der Waals surface area contributed by atoms with Crippen LogP contribution in [0.5, 0.6) is 0 Å². The number of aryl methyl sites for hydroxylation is 1. The molecule has 3 rings (SSSR count). The van der Waals surface area contributed by atoms with Gasteiger partial charge in [0.2, 0.25) is 0 Å². The van der Waals surface area contributed by atoms with Crippen LogP contribution in [-0.4, -0.2) is 12.6 Å². The molecule has 3 aromatic rings. The van der Waals surface area contributed by atoms with Crippen LogP contribution in [0.3, 0.4) is 0 Å². The largest absolute Gasteiger partial charge is 0.466 e. The lowest BCUT2D eigenvalue weighted by Gasteiger charge is -2.25. The zero-order valence-corrected chi connectivity index (χ0v) is 19.1. The number of rotatable bonds is 8. The maximum absolute atomic E-state index is 14.8. The molecule has 0 amide bonds. The molecule has 3 aromatic carbocycles. The van der Waals surface area contributed by atoms with E-state index < -0.39 is 13.1 Å². The molecule has 0 bridgehead atoms. The highest BCUT2D eigenvalue weighted by Crippen LogP contribution is 2.54. The molecule has 5 heteroatoms. The van der Waals surface area contributed by atoms with Gasteiger partial charge < -0.3 is 14.6 Å². The van der Waals surface area contributed by atoms with E-state index in [1.807, 2.05) is 98.8 Å². The first-order valence-electron chi connectivity index (χ1n) is 10.4. The Morgan fingerprint density at radius 2 is 1.39 bits per heavy atom. The van der Waals surface area contributed by atoms with Crippen molar-refractivity contribution in [2.45, 2.75) is 27.2 Å². The molecule has 31 heavy (non-hydrogen) atoms. The zero-order valence-electron chi connectivity index (χ0n) is 18.2. The molecule has 0 aliphatic carbocycles. The van der Waals surface area contributed by atoms with Gasteiger partial charge in [-0.3, -0.25) is 4.79 Å². The number of hydrogen-bond donors (Lipinski definition) is 1. The Hall–Kier alpha value is -3.10. The standard InChI is InChI=1S/C26H28NO3P/c1-4-30-26(28)19-25(21(3)27-22-17-15-20(2)16-18-22)31(29,23-11-7-5-8-12-23)24-13-9-6-10-14-24/h5-18,27H,4,19H2,1-3H3/b25-21+. The molecule has 0 radical (unpaired) electrons. The van der Waals surface area contributed by atoms with E-state index in [0.717, 1.165) is 11.3 Å². The quantitative estimate of drug-likeness (QED) is 0.371. The molecule has 0 fully saturated rings. The van der Waals surface area contributed by atoms with Crippen molar-refractivity contribution < 1.29 is 14.1 Å². The van der Waals surface area contributed by atoms with Crippen LogP contribution < -0.4 is 15.9 Å². The topological polar surface area (TPSA) is 55.4 Å². The third-order valence-corrected chi connectivity index (χ3v) is 8.36. The number of nitrogens with one attached hydrogen (secondary N) is 1. The minimum atomic E-state index is -3.30. The smallest absolute Gasteiger partial charge is 0.310 e. The van der Waals surface area contributed by atoms with E-state index in [4.69, 9.17) is 4.74 Å². The average Bonchev–Trinajstić information content (AvgIpc) is 2.80. The molecule has 0 saturated carbocycles. The molecule has 4 nitrogen and oxygen atoms in total. The second-order valence-electron chi connectivity index (χ2n) is 7.32. The summed E-state index contributed by atoms with van der Waals surface area (Å²) in [5, 5.41) is 5.28. The summed E-state index contributed by atoms with van der Waals surface area (Å²) in [4.78, 5) is 12.6. The van der Waals surface area contributed by atoms with Gasteiger partial charge in [-0.15, -0.1) is 0 Å². The molecule has 0 aliphatic rings. The first-order valence-corrected chi connectivity index (χ1v) is 12.1. The molecule has 0 saturated heterocycles. The summed E-state index contributed by atoms with van der Waals surface area (Å²) >= 11 is 0. The van der Waals surface area contributed by atoms with Crippen molar-refractivity contribution in [2.75, 3.05) is 11.9 Å². The van der Waals surface area contributed by atoms with Crippen LogP contribution in [0, 0.1) is 6.92 Å². The number of ether oxygens (including phenoxy) is 1. The molecule has 0 atom stereocenters. The summed E-state index contributed by atoms with van der Waals surface area (Å²) < 4.78 is 20.1. The zero-order chi connectivity index (χ0) is 22.3. The first kappa shape index (κ1) is 22.6. The van der Waals surface area contributed by atoms with Crippen molar-refractivity contribution in [3.05, 3.63) is 102 Å². The normalized spacial score (nSPS) is 12.1. The molecule has 0 unspecified atom stereocenters. The van der Waals surface area contributed by atoms with Gasteiger partial charge in [-0.2, -0.15) is 0 Å². The molecule has 0 heterocycles. The summed E-state index contributed by atoms with van der Waals surface area (Å²) in [5.74, 6) is -0.394. The van der Waals surface area contributed by atoms with Crippen LogP contribution in [0.4, 0.5) is 5.69 Å². The predicted molar refractivity (Wildman–Crippen MR) is 129 cm³/mol. The number of benzene rings is 3. The fourth-order valence-electron chi connectivity index (χ4n) is 3.49. The van der Waals surface area contributed by atoms with Crippen LogP contribution in [-0.2, 0) is 14.1 Å². The van der Waals surface area contributed by atoms with Gasteiger partial charge in [-0.05, 0) is 32.9 Å².